The van der Waals surface area contributed by atoms with Crippen LogP contribution in [0.3, 0.4) is 0 Å². The van der Waals surface area contributed by atoms with Gasteiger partial charge in [-0.15, -0.1) is 0 Å². The first kappa shape index (κ1) is 20.5. The molecule has 0 saturated carbocycles. The smallest absolute Gasteiger partial charge is 0.407 e. The molecule has 0 bridgehead atoms. The van der Waals surface area contributed by atoms with Gasteiger partial charge in [0.15, 0.2) is 0 Å². The van der Waals surface area contributed by atoms with E-state index in [4.69, 9.17) is 10.5 Å². The molecule has 0 fully saturated rings. The van der Waals surface area contributed by atoms with Gasteiger partial charge in [0, 0.05) is 11.6 Å². The number of alkyl carbamates (subject to hydrolysis) is 1. The van der Waals surface area contributed by atoms with Crippen molar-refractivity contribution >= 4 is 6.09 Å². The standard InChI is InChI=1S/C24H28N2O3/c1-16(25)9-3-8-14-23(17(2)27)26-24(28)29-15-22-20-12-6-4-10-18(20)19-11-5-7-13-21(19)22/h4-7,10-13,22-23,27H,1-3,8-9,14-15,25H2,(H,26,28)/t23-/m0/s1. The van der Waals surface area contributed by atoms with Crippen LogP contribution in [-0.2, 0) is 4.74 Å². The van der Waals surface area contributed by atoms with E-state index in [-0.39, 0.29) is 18.3 Å². The van der Waals surface area contributed by atoms with Crippen molar-refractivity contribution in [3.63, 3.8) is 0 Å². The number of nitrogens with two attached hydrogens (primary N) is 1. The fourth-order valence-electron chi connectivity index (χ4n) is 3.80. The number of aliphatic hydroxyl groups excluding tert-OH is 1. The van der Waals surface area contributed by atoms with Gasteiger partial charge in [0.1, 0.15) is 12.4 Å². The minimum Gasteiger partial charge on any atom is -0.511 e. The summed E-state index contributed by atoms with van der Waals surface area (Å²) in [6.07, 6.45) is 2.34. The molecule has 0 unspecified atom stereocenters. The van der Waals surface area contributed by atoms with Crippen molar-refractivity contribution in [2.75, 3.05) is 6.61 Å². The molecule has 1 amide bonds. The van der Waals surface area contributed by atoms with Gasteiger partial charge in [-0.25, -0.2) is 4.79 Å². The van der Waals surface area contributed by atoms with Crippen LogP contribution in [0, 0.1) is 0 Å². The van der Waals surface area contributed by atoms with Gasteiger partial charge in [-0.3, -0.25) is 0 Å². The summed E-state index contributed by atoms with van der Waals surface area (Å²) in [7, 11) is 0. The maximum Gasteiger partial charge on any atom is 0.407 e. The molecular formula is C24H28N2O3. The van der Waals surface area contributed by atoms with E-state index in [1.165, 1.54) is 11.1 Å². The number of hydrogen-bond donors (Lipinski definition) is 3. The van der Waals surface area contributed by atoms with Crippen molar-refractivity contribution in [2.24, 2.45) is 5.73 Å². The van der Waals surface area contributed by atoms with Crippen LogP contribution in [0.25, 0.3) is 11.1 Å². The third-order valence-corrected chi connectivity index (χ3v) is 5.28. The van der Waals surface area contributed by atoms with E-state index in [2.05, 4.69) is 42.7 Å². The lowest BCUT2D eigenvalue weighted by Crippen LogP contribution is -2.37. The summed E-state index contributed by atoms with van der Waals surface area (Å²) in [5.74, 6) is -0.0791. The summed E-state index contributed by atoms with van der Waals surface area (Å²) < 4.78 is 5.53. The number of aliphatic hydroxyl groups is 1. The molecule has 5 heteroatoms. The Balaban J connectivity index is 1.58. The van der Waals surface area contributed by atoms with Crippen LogP contribution in [0.1, 0.15) is 42.7 Å². The number of allylic oxidation sites excluding steroid dienone is 1. The second kappa shape index (κ2) is 9.32. The molecule has 3 rings (SSSR count). The Morgan fingerprint density at radius 2 is 1.66 bits per heavy atom. The van der Waals surface area contributed by atoms with E-state index in [9.17, 15) is 9.90 Å². The lowest BCUT2D eigenvalue weighted by Gasteiger charge is -2.19. The highest BCUT2D eigenvalue weighted by molar-refractivity contribution is 5.79. The van der Waals surface area contributed by atoms with Crippen molar-refractivity contribution < 1.29 is 14.6 Å². The van der Waals surface area contributed by atoms with Crippen molar-refractivity contribution in [1.82, 2.24) is 5.32 Å². The minimum absolute atomic E-state index is 0.000468. The van der Waals surface area contributed by atoms with Gasteiger partial charge in [-0.1, -0.05) is 68.1 Å². The van der Waals surface area contributed by atoms with Crippen LogP contribution in [0.5, 0.6) is 0 Å². The quantitative estimate of drug-likeness (QED) is 0.414. The van der Waals surface area contributed by atoms with Gasteiger partial charge in [-0.2, -0.15) is 0 Å². The molecule has 152 valence electrons. The molecule has 1 atom stereocenters. The second-order valence-electron chi connectivity index (χ2n) is 7.42. The summed E-state index contributed by atoms with van der Waals surface area (Å²) in [5, 5.41) is 12.5. The van der Waals surface area contributed by atoms with Gasteiger partial charge in [0.05, 0.1) is 6.04 Å². The number of carbonyl (C=O) groups excluding carboxylic acids is 1. The number of hydrogen-bond acceptors (Lipinski definition) is 4. The monoisotopic (exact) mass is 392 g/mol. The molecule has 0 aliphatic heterocycles. The number of ether oxygens (including phenoxy) is 1. The second-order valence-corrected chi connectivity index (χ2v) is 7.42. The Labute approximate surface area is 171 Å². The highest BCUT2D eigenvalue weighted by Crippen LogP contribution is 2.44. The van der Waals surface area contributed by atoms with E-state index in [1.54, 1.807) is 0 Å². The number of benzene rings is 2. The van der Waals surface area contributed by atoms with Gasteiger partial charge >= 0.3 is 6.09 Å². The molecule has 29 heavy (non-hydrogen) atoms. The van der Waals surface area contributed by atoms with Crippen molar-refractivity contribution in [2.45, 2.75) is 37.6 Å². The van der Waals surface area contributed by atoms with Gasteiger partial charge in [0.25, 0.3) is 0 Å². The number of fused-ring (bicyclic) bond motifs is 3. The molecule has 0 aromatic heterocycles. The van der Waals surface area contributed by atoms with Crippen LogP contribution in [0.4, 0.5) is 4.79 Å². The molecule has 5 nitrogen and oxygen atoms in total. The Kier molecular flexibility index (Phi) is 6.60. The normalized spacial score (nSPS) is 13.2. The Morgan fingerprint density at radius 1 is 1.07 bits per heavy atom. The van der Waals surface area contributed by atoms with Crippen LogP contribution in [0.2, 0.25) is 0 Å². The number of carbonyl (C=O) groups is 1. The maximum absolute atomic E-state index is 12.4. The van der Waals surface area contributed by atoms with Crippen molar-refractivity contribution in [1.29, 1.82) is 0 Å². The zero-order chi connectivity index (χ0) is 20.8. The van der Waals surface area contributed by atoms with Crippen LogP contribution in [0.15, 0.2) is 73.1 Å². The third-order valence-electron chi connectivity index (χ3n) is 5.28. The SMILES string of the molecule is C=C(N)CCCC[C@H](NC(=O)OCC1c2ccccc2-c2ccccc21)C(=C)O. The minimum atomic E-state index is -0.560. The molecule has 4 N–H and O–H groups in total. The van der Waals surface area contributed by atoms with E-state index in [1.807, 2.05) is 24.3 Å². The number of nitrogens with one attached hydrogen (secondary N) is 1. The first-order chi connectivity index (χ1) is 14.0. The number of unbranched alkanes of at least 4 members (excludes halogenated alkanes) is 1. The molecule has 1 aliphatic carbocycles. The first-order valence-corrected chi connectivity index (χ1v) is 9.90. The maximum atomic E-state index is 12.4. The van der Waals surface area contributed by atoms with E-state index in [0.717, 1.165) is 30.4 Å². The van der Waals surface area contributed by atoms with Crippen molar-refractivity contribution in [3.8, 4) is 11.1 Å². The summed E-state index contributed by atoms with van der Waals surface area (Å²) in [4.78, 5) is 12.4. The fraction of sp³-hybridized carbons (Fsp3) is 0.292. The van der Waals surface area contributed by atoms with E-state index < -0.39 is 12.1 Å². The lowest BCUT2D eigenvalue weighted by atomic mass is 9.98. The summed E-state index contributed by atoms with van der Waals surface area (Å²) in [5.41, 5.74) is 10.9. The summed E-state index contributed by atoms with van der Waals surface area (Å²) in [6.45, 7) is 7.47. The van der Waals surface area contributed by atoms with Gasteiger partial charge in [0.2, 0.25) is 0 Å². The molecule has 2 aromatic rings. The lowest BCUT2D eigenvalue weighted by molar-refractivity contribution is 0.137. The molecule has 0 heterocycles. The van der Waals surface area contributed by atoms with Crippen LogP contribution < -0.4 is 11.1 Å². The molecule has 2 aromatic carbocycles. The summed E-state index contributed by atoms with van der Waals surface area (Å²) >= 11 is 0. The predicted octanol–water partition coefficient (Wildman–Crippen LogP) is 5.00. The Morgan fingerprint density at radius 3 is 2.21 bits per heavy atom. The van der Waals surface area contributed by atoms with Gasteiger partial charge in [-0.05, 0) is 41.5 Å². The van der Waals surface area contributed by atoms with Crippen LogP contribution in [-0.4, -0.2) is 23.8 Å². The molecule has 0 spiro atoms. The van der Waals surface area contributed by atoms with E-state index in [0.29, 0.717) is 12.1 Å². The molecule has 0 saturated heterocycles. The summed E-state index contributed by atoms with van der Waals surface area (Å²) in [6, 6.07) is 15.8. The zero-order valence-corrected chi connectivity index (χ0v) is 16.6. The van der Waals surface area contributed by atoms with E-state index >= 15 is 0 Å². The zero-order valence-electron chi connectivity index (χ0n) is 16.6. The average Bonchev–Trinajstić information content (AvgIpc) is 3.02. The fourth-order valence-corrected chi connectivity index (χ4v) is 3.80. The molecule has 0 radical (unpaired) electrons. The molecule has 1 aliphatic rings. The first-order valence-electron chi connectivity index (χ1n) is 9.90. The largest absolute Gasteiger partial charge is 0.511 e. The number of amides is 1. The Bertz CT molecular complexity index is 861. The topological polar surface area (TPSA) is 84.6 Å². The average molecular weight is 392 g/mol. The Hall–Kier alpha value is -3.21. The predicted molar refractivity (Wildman–Crippen MR) is 116 cm³/mol. The number of rotatable bonds is 9. The van der Waals surface area contributed by atoms with Gasteiger partial charge < -0.3 is 20.9 Å². The highest BCUT2D eigenvalue weighted by Gasteiger charge is 2.29. The third kappa shape index (κ3) is 4.99. The van der Waals surface area contributed by atoms with Crippen LogP contribution >= 0.6 is 0 Å². The molecular weight excluding hydrogens is 364 g/mol. The van der Waals surface area contributed by atoms with Crippen molar-refractivity contribution in [3.05, 3.63) is 84.3 Å². The highest BCUT2D eigenvalue weighted by atomic mass is 16.5.